The van der Waals surface area contributed by atoms with E-state index in [0.29, 0.717) is 128 Å². The Morgan fingerprint density at radius 3 is 0.811 bits per heavy atom. The lowest BCUT2D eigenvalue weighted by atomic mass is 9.90. The van der Waals surface area contributed by atoms with Gasteiger partial charge in [0.2, 0.25) is 17.8 Å². The number of nitrogens with one attached hydrogen (secondary N) is 3. The topological polar surface area (TPSA) is 237 Å². The van der Waals surface area contributed by atoms with Crippen molar-refractivity contribution in [2.24, 2.45) is 16.2 Å². The van der Waals surface area contributed by atoms with Crippen LogP contribution >= 0.6 is 0 Å². The first kappa shape index (κ1) is 64.3. The molecule has 6 aromatic carbocycles. The molecule has 3 aliphatic rings. The summed E-state index contributed by atoms with van der Waals surface area (Å²) in [7, 11) is 0. The van der Waals surface area contributed by atoms with Crippen LogP contribution in [0.15, 0.2) is 146 Å². The van der Waals surface area contributed by atoms with Gasteiger partial charge in [-0.05, 0) is 184 Å². The molecule has 1 aromatic heterocycles. The summed E-state index contributed by atoms with van der Waals surface area (Å²) in [4.78, 5) is 53.4. The second-order valence-corrected chi connectivity index (χ2v) is 23.7. The Kier molecular flexibility index (Phi) is 22.6. The van der Waals surface area contributed by atoms with Crippen molar-refractivity contribution in [3.8, 4) is 34.5 Å². The minimum absolute atomic E-state index is 0.135. The fraction of sp³-hybridized carbons (Fsp3) is 0.391. The Morgan fingerprint density at radius 1 is 0.344 bits per heavy atom. The molecule has 474 valence electrons. The highest BCUT2D eigenvalue weighted by atomic mass is 16.6. The zero-order valence-electron chi connectivity index (χ0n) is 51.2. The van der Waals surface area contributed by atoms with Gasteiger partial charge in [-0.3, -0.25) is 0 Å². The molecule has 0 aliphatic carbocycles. The number of anilines is 6. The van der Waals surface area contributed by atoms with Crippen LogP contribution in [0.1, 0.15) is 90.4 Å². The first-order chi connectivity index (χ1) is 43.8. The van der Waals surface area contributed by atoms with Crippen molar-refractivity contribution in [1.82, 2.24) is 15.0 Å². The highest BCUT2D eigenvalue weighted by molar-refractivity contribution is 5.92. The van der Waals surface area contributed by atoms with E-state index in [-0.39, 0.29) is 34.1 Å². The maximum atomic E-state index is 13.2. The first-order valence-electron chi connectivity index (χ1n) is 30.5. The third-order valence-corrected chi connectivity index (χ3v) is 14.8. The van der Waals surface area contributed by atoms with E-state index in [1.54, 1.807) is 146 Å². The lowest BCUT2D eigenvalue weighted by Gasteiger charge is -2.37. The Bertz CT molecular complexity index is 3030. The number of ether oxygens (including phenoxy) is 12. The standard InChI is InChI=1S/C69H78N6O15/c1-67(43-82-44-67)40-79-34-4-7-37-85-55-22-10-49(11-23-55)61(76)88-58-28-16-52(17-29-58)70-64-73-65(71-53-18-30-59(31-19-53)89-62(77)50-12-24-56(25-13-50)86-38-8-5-35-80-41-68(2)45-83-46-68)75-66(74-64)72-54-20-32-60(33-21-54)90-63(78)51-14-26-57(27-15-51)87-39-9-6-36-81-42-69(3)47-84-48-69/h10-33H,4-9,34-48H2,1-3H3,(H3,70,71,72,73,74,75). The van der Waals surface area contributed by atoms with E-state index in [2.05, 4.69) is 51.7 Å². The SMILES string of the molecule is CC1(COCCCCOc2ccc(C(=O)Oc3ccc(Nc4nc(Nc5ccc(OC(=O)c6ccc(OCCCCOCC7(C)COC7)cc6)cc5)nc(Nc5ccc(OC(=O)c6ccc(OCCCCOCC7(C)COC7)cc6)cc5)n4)cc3)cc2)COC1. The molecule has 90 heavy (non-hydrogen) atoms. The van der Waals surface area contributed by atoms with Crippen LogP contribution in [0.25, 0.3) is 0 Å². The molecule has 4 heterocycles. The molecule has 0 amide bonds. The monoisotopic (exact) mass is 1230 g/mol. The van der Waals surface area contributed by atoms with Crippen LogP contribution in [0, 0.1) is 16.2 Å². The predicted molar refractivity (Wildman–Crippen MR) is 337 cm³/mol. The van der Waals surface area contributed by atoms with Crippen LogP contribution in [0.3, 0.4) is 0 Å². The molecular weight excluding hydrogens is 1150 g/mol. The zero-order valence-corrected chi connectivity index (χ0v) is 51.2. The van der Waals surface area contributed by atoms with Crippen molar-refractivity contribution in [2.45, 2.75) is 59.3 Å². The van der Waals surface area contributed by atoms with Crippen LogP contribution in [0.5, 0.6) is 34.5 Å². The zero-order chi connectivity index (χ0) is 62.4. The van der Waals surface area contributed by atoms with E-state index in [0.717, 1.165) is 78.2 Å². The van der Waals surface area contributed by atoms with E-state index >= 15 is 0 Å². The number of hydrogen-bond donors (Lipinski definition) is 3. The molecular formula is C69H78N6O15. The number of carbonyl (C=O) groups is 3. The maximum Gasteiger partial charge on any atom is 0.343 e. The molecule has 3 fully saturated rings. The number of carbonyl (C=O) groups excluding carboxylic acids is 3. The van der Waals surface area contributed by atoms with Gasteiger partial charge in [0, 0.05) is 53.1 Å². The van der Waals surface area contributed by atoms with E-state index in [9.17, 15) is 14.4 Å². The first-order valence-corrected chi connectivity index (χ1v) is 30.5. The normalized spacial score (nSPS) is 15.0. The Hall–Kier alpha value is -8.70. The highest BCUT2D eigenvalue weighted by Crippen LogP contribution is 2.31. The van der Waals surface area contributed by atoms with Gasteiger partial charge in [0.05, 0.1) is 96.0 Å². The Labute approximate surface area is 524 Å². The van der Waals surface area contributed by atoms with Crippen molar-refractivity contribution in [2.75, 3.05) is 115 Å². The summed E-state index contributed by atoms with van der Waals surface area (Å²) in [6.45, 7) is 16.7. The van der Waals surface area contributed by atoms with E-state index < -0.39 is 17.9 Å². The van der Waals surface area contributed by atoms with Gasteiger partial charge in [-0.25, -0.2) is 14.4 Å². The van der Waals surface area contributed by atoms with Crippen LogP contribution in [0.2, 0.25) is 0 Å². The number of benzene rings is 6. The van der Waals surface area contributed by atoms with Crippen LogP contribution in [-0.2, 0) is 28.4 Å². The molecule has 7 aromatic rings. The summed E-state index contributed by atoms with van der Waals surface area (Å²) in [5.41, 5.74) is 3.25. The molecule has 0 bridgehead atoms. The molecule has 3 N–H and O–H groups in total. The van der Waals surface area contributed by atoms with Crippen molar-refractivity contribution >= 4 is 52.8 Å². The molecule has 21 heteroatoms. The number of hydrogen-bond acceptors (Lipinski definition) is 21. The third kappa shape index (κ3) is 19.9. The number of esters is 3. The smallest absolute Gasteiger partial charge is 0.343 e. The predicted octanol–water partition coefficient (Wildman–Crippen LogP) is 12.4. The van der Waals surface area contributed by atoms with Crippen molar-refractivity contribution in [3.63, 3.8) is 0 Å². The molecule has 0 atom stereocenters. The quantitative estimate of drug-likeness (QED) is 0.0188. The average molecular weight is 1230 g/mol. The lowest BCUT2D eigenvalue weighted by Crippen LogP contribution is -2.43. The van der Waals surface area contributed by atoms with Crippen molar-refractivity contribution < 1.29 is 71.2 Å². The van der Waals surface area contributed by atoms with Crippen molar-refractivity contribution in [3.05, 3.63) is 162 Å². The fourth-order valence-electron chi connectivity index (χ4n) is 9.36. The fourth-order valence-corrected chi connectivity index (χ4v) is 9.36. The van der Waals surface area contributed by atoms with Crippen LogP contribution < -0.4 is 44.4 Å². The van der Waals surface area contributed by atoms with Gasteiger partial charge in [-0.2, -0.15) is 15.0 Å². The molecule has 0 saturated carbocycles. The largest absolute Gasteiger partial charge is 0.494 e. The molecule has 3 saturated heterocycles. The average Bonchev–Trinajstić information content (AvgIpc) is 1.82. The Balaban J connectivity index is 0.718. The summed E-state index contributed by atoms with van der Waals surface area (Å²) < 4.78 is 68.0. The summed E-state index contributed by atoms with van der Waals surface area (Å²) in [6.07, 6.45) is 5.16. The Morgan fingerprint density at radius 2 is 0.578 bits per heavy atom. The number of nitrogens with zero attached hydrogens (tertiary/aromatic N) is 3. The molecule has 0 radical (unpaired) electrons. The molecule has 10 rings (SSSR count). The minimum atomic E-state index is -0.526. The number of rotatable bonds is 36. The van der Waals surface area contributed by atoms with E-state index in [4.69, 9.17) is 56.8 Å². The van der Waals surface area contributed by atoms with Gasteiger partial charge in [0.25, 0.3) is 0 Å². The highest BCUT2D eigenvalue weighted by Gasteiger charge is 2.35. The van der Waals surface area contributed by atoms with Gasteiger partial charge in [0.1, 0.15) is 34.5 Å². The molecule has 21 nitrogen and oxygen atoms in total. The van der Waals surface area contributed by atoms with E-state index in [1.165, 1.54) is 0 Å². The third-order valence-electron chi connectivity index (χ3n) is 14.8. The summed E-state index contributed by atoms with van der Waals surface area (Å²) in [5, 5.41) is 9.64. The maximum absolute atomic E-state index is 13.2. The van der Waals surface area contributed by atoms with Crippen molar-refractivity contribution in [1.29, 1.82) is 0 Å². The molecule has 0 unspecified atom stereocenters. The number of aromatic nitrogens is 3. The van der Waals surface area contributed by atoms with E-state index in [1.807, 2.05) is 0 Å². The van der Waals surface area contributed by atoms with Crippen LogP contribution in [-0.4, -0.2) is 132 Å². The summed E-state index contributed by atoms with van der Waals surface area (Å²) in [5.74, 6) is 1.85. The second kappa shape index (κ2) is 31.7. The minimum Gasteiger partial charge on any atom is -0.494 e. The second-order valence-electron chi connectivity index (χ2n) is 23.7. The van der Waals surface area contributed by atoms with Crippen LogP contribution in [0.4, 0.5) is 34.9 Å². The van der Waals surface area contributed by atoms with Gasteiger partial charge in [-0.15, -0.1) is 0 Å². The summed E-state index contributed by atoms with van der Waals surface area (Å²) in [6, 6.07) is 40.7. The summed E-state index contributed by atoms with van der Waals surface area (Å²) >= 11 is 0. The van der Waals surface area contributed by atoms with Gasteiger partial charge in [0.15, 0.2) is 0 Å². The lowest BCUT2D eigenvalue weighted by molar-refractivity contribution is -0.138. The van der Waals surface area contributed by atoms with Gasteiger partial charge < -0.3 is 72.8 Å². The van der Waals surface area contributed by atoms with Gasteiger partial charge >= 0.3 is 17.9 Å². The molecule has 3 aliphatic heterocycles. The number of unbranched alkanes of at least 4 members (excludes halogenated alkanes) is 3. The van der Waals surface area contributed by atoms with Gasteiger partial charge in [-0.1, -0.05) is 20.8 Å². The molecule has 0 spiro atoms.